The smallest absolute Gasteiger partial charge is 0.171 e. The highest BCUT2D eigenvalue weighted by atomic mass is 32.1. The molecule has 1 atom stereocenters. The van der Waals surface area contributed by atoms with Gasteiger partial charge in [0.1, 0.15) is 6.54 Å². The number of hydrogen-bond donors (Lipinski definition) is 3. The summed E-state index contributed by atoms with van der Waals surface area (Å²) in [6.45, 7) is 8.00. The Morgan fingerprint density at radius 2 is 1.74 bits per heavy atom. The molecule has 1 heterocycles. The van der Waals surface area contributed by atoms with Gasteiger partial charge in [-0.05, 0) is 42.3 Å². The molecular weight excluding hydrogens is 350 g/mol. The van der Waals surface area contributed by atoms with Crippen molar-refractivity contribution < 1.29 is 4.90 Å². The third kappa shape index (κ3) is 6.05. The topological polar surface area (TPSA) is 28.5 Å². The van der Waals surface area contributed by atoms with Crippen LogP contribution in [-0.2, 0) is 6.54 Å². The fourth-order valence-corrected chi connectivity index (χ4v) is 4.00. The van der Waals surface area contributed by atoms with E-state index < -0.39 is 0 Å². The second-order valence-corrected chi connectivity index (χ2v) is 8.12. The van der Waals surface area contributed by atoms with Gasteiger partial charge in [0.2, 0.25) is 0 Å². The molecule has 0 radical (unpaired) electrons. The zero-order valence-electron chi connectivity index (χ0n) is 16.5. The molecule has 1 aliphatic heterocycles. The van der Waals surface area contributed by atoms with Crippen molar-refractivity contribution in [3.8, 4) is 0 Å². The highest BCUT2D eigenvalue weighted by molar-refractivity contribution is 7.80. The Kier molecular flexibility index (Phi) is 7.25. The Bertz CT molecular complexity index is 706. The number of anilines is 1. The van der Waals surface area contributed by atoms with Crippen molar-refractivity contribution in [2.24, 2.45) is 0 Å². The molecule has 0 spiro atoms. The van der Waals surface area contributed by atoms with E-state index in [9.17, 15) is 0 Å². The van der Waals surface area contributed by atoms with Crippen molar-refractivity contribution in [1.29, 1.82) is 0 Å². The van der Waals surface area contributed by atoms with Crippen molar-refractivity contribution >= 4 is 23.0 Å². The maximum absolute atomic E-state index is 5.53. The molecule has 0 bridgehead atoms. The molecule has 0 unspecified atom stereocenters. The van der Waals surface area contributed by atoms with Gasteiger partial charge in [-0.3, -0.25) is 0 Å². The molecule has 0 saturated carbocycles. The molecule has 3 rings (SSSR count). The van der Waals surface area contributed by atoms with Gasteiger partial charge in [-0.1, -0.05) is 56.3 Å². The van der Waals surface area contributed by atoms with Gasteiger partial charge in [-0.2, -0.15) is 0 Å². The van der Waals surface area contributed by atoms with Gasteiger partial charge in [-0.15, -0.1) is 0 Å². The minimum atomic E-state index is 0.476. The zero-order valence-corrected chi connectivity index (χ0v) is 17.3. The highest BCUT2D eigenvalue weighted by Crippen LogP contribution is 2.20. The van der Waals surface area contributed by atoms with E-state index in [4.69, 9.17) is 12.2 Å². The van der Waals surface area contributed by atoms with Gasteiger partial charge < -0.3 is 15.5 Å². The molecule has 1 fully saturated rings. The Labute approximate surface area is 169 Å². The van der Waals surface area contributed by atoms with Crippen LogP contribution in [-0.4, -0.2) is 24.2 Å². The van der Waals surface area contributed by atoms with Crippen LogP contribution in [0.1, 0.15) is 50.2 Å². The number of likely N-dealkylation sites (tertiary alicyclic amines) is 1. The average molecular weight is 383 g/mol. The van der Waals surface area contributed by atoms with Gasteiger partial charge in [0.25, 0.3) is 0 Å². The third-order valence-corrected chi connectivity index (χ3v) is 5.89. The maximum Gasteiger partial charge on any atom is 0.171 e. The quantitative estimate of drug-likeness (QED) is 0.665. The van der Waals surface area contributed by atoms with Gasteiger partial charge in [0, 0.05) is 30.1 Å². The molecule has 4 heteroatoms. The summed E-state index contributed by atoms with van der Waals surface area (Å²) in [7, 11) is 0. The lowest BCUT2D eigenvalue weighted by Gasteiger charge is -2.30. The van der Waals surface area contributed by atoms with Crippen molar-refractivity contribution in [3.05, 3.63) is 65.7 Å². The molecule has 2 aromatic carbocycles. The summed E-state index contributed by atoms with van der Waals surface area (Å²) in [5, 5.41) is 7.58. The summed E-state index contributed by atoms with van der Waals surface area (Å²) in [6, 6.07) is 19.9. The first kappa shape index (κ1) is 19.8. The first-order valence-corrected chi connectivity index (χ1v) is 10.6. The van der Waals surface area contributed by atoms with E-state index in [1.165, 1.54) is 24.2 Å². The van der Waals surface area contributed by atoms with E-state index in [2.05, 4.69) is 79.1 Å². The largest absolute Gasteiger partial charge is 0.359 e. The Morgan fingerprint density at radius 1 is 1.07 bits per heavy atom. The van der Waals surface area contributed by atoms with E-state index >= 15 is 0 Å². The third-order valence-electron chi connectivity index (χ3n) is 5.67. The summed E-state index contributed by atoms with van der Waals surface area (Å²) in [5.74, 6) is 0.604. The number of thiocarbonyl (C=S) groups is 1. The van der Waals surface area contributed by atoms with E-state index in [1.807, 2.05) is 0 Å². The molecule has 1 saturated heterocycles. The molecule has 3 nitrogen and oxygen atoms in total. The number of nitrogens with one attached hydrogen (secondary N) is 3. The minimum absolute atomic E-state index is 0.476. The Morgan fingerprint density at radius 3 is 2.37 bits per heavy atom. The molecule has 0 amide bonds. The normalized spacial score (nSPS) is 20.7. The summed E-state index contributed by atoms with van der Waals surface area (Å²) < 4.78 is 0. The maximum atomic E-state index is 5.53. The van der Waals surface area contributed by atoms with Crippen LogP contribution < -0.4 is 15.5 Å². The molecule has 27 heavy (non-hydrogen) atoms. The lowest BCUT2D eigenvalue weighted by atomic mass is 9.99. The summed E-state index contributed by atoms with van der Waals surface area (Å²) in [4.78, 5) is 1.67. The second-order valence-electron chi connectivity index (χ2n) is 7.72. The van der Waals surface area contributed by atoms with E-state index in [-0.39, 0.29) is 0 Å². The lowest BCUT2D eigenvalue weighted by Crippen LogP contribution is -3.12. The van der Waals surface area contributed by atoms with Crippen molar-refractivity contribution in [3.63, 3.8) is 0 Å². The van der Waals surface area contributed by atoms with Crippen molar-refractivity contribution in [2.45, 2.75) is 51.6 Å². The van der Waals surface area contributed by atoms with E-state index in [0.717, 1.165) is 36.6 Å². The highest BCUT2D eigenvalue weighted by Gasteiger charge is 2.22. The van der Waals surface area contributed by atoms with Crippen LogP contribution >= 0.6 is 12.2 Å². The van der Waals surface area contributed by atoms with Crippen LogP contribution in [0.4, 0.5) is 5.69 Å². The first-order valence-electron chi connectivity index (χ1n) is 10.2. The van der Waals surface area contributed by atoms with E-state index in [1.54, 1.807) is 4.90 Å². The molecule has 1 aliphatic rings. The van der Waals surface area contributed by atoms with E-state index in [0.29, 0.717) is 12.0 Å². The van der Waals surface area contributed by atoms with Crippen LogP contribution in [0.15, 0.2) is 54.6 Å². The molecule has 0 aliphatic carbocycles. The monoisotopic (exact) mass is 382 g/mol. The first-order chi connectivity index (χ1) is 13.1. The number of rotatable bonds is 6. The van der Waals surface area contributed by atoms with Crippen LogP contribution in [0.2, 0.25) is 0 Å². The van der Waals surface area contributed by atoms with Crippen LogP contribution in [0.25, 0.3) is 0 Å². The lowest BCUT2D eigenvalue weighted by molar-refractivity contribution is -0.918. The summed E-state index contributed by atoms with van der Waals surface area (Å²) >= 11 is 5.53. The van der Waals surface area contributed by atoms with Gasteiger partial charge in [0.15, 0.2) is 5.11 Å². The molecule has 144 valence electrons. The molecular formula is C23H32N3S+. The van der Waals surface area contributed by atoms with Crippen LogP contribution in [0, 0.1) is 0 Å². The standard InChI is InChI=1S/C23H31N3S/c1-3-18(2)20-9-11-21(12-10-20)24-23(27)25-22-13-15-26(16-14-22)17-19-7-5-4-6-8-19/h4-12,18,22H,3,13-17H2,1-2H3,(H2,24,25,27)/p+1/t18-/m1/s1. The number of hydrogen-bond acceptors (Lipinski definition) is 1. The van der Waals surface area contributed by atoms with Crippen LogP contribution in [0.5, 0.6) is 0 Å². The fraction of sp³-hybridized carbons (Fsp3) is 0.435. The number of quaternary nitrogens is 1. The second kappa shape index (κ2) is 9.86. The van der Waals surface area contributed by atoms with Gasteiger partial charge in [-0.25, -0.2) is 0 Å². The van der Waals surface area contributed by atoms with Crippen LogP contribution in [0.3, 0.4) is 0 Å². The molecule has 3 N–H and O–H groups in total. The van der Waals surface area contributed by atoms with Crippen molar-refractivity contribution in [1.82, 2.24) is 5.32 Å². The van der Waals surface area contributed by atoms with Crippen molar-refractivity contribution in [2.75, 3.05) is 18.4 Å². The average Bonchev–Trinajstić information content (AvgIpc) is 2.70. The Hall–Kier alpha value is -1.91. The summed E-state index contributed by atoms with van der Waals surface area (Å²) in [6.07, 6.45) is 3.49. The SMILES string of the molecule is CC[C@@H](C)c1ccc(NC(=S)NC2CC[NH+](Cc3ccccc3)CC2)cc1. The fourth-order valence-electron chi connectivity index (χ4n) is 3.71. The predicted octanol–water partition coefficient (Wildman–Crippen LogP) is 3.73. The molecule has 0 aromatic heterocycles. The Balaban J connectivity index is 1.41. The number of benzene rings is 2. The minimum Gasteiger partial charge on any atom is -0.359 e. The molecule has 2 aromatic rings. The zero-order chi connectivity index (χ0) is 19.1. The summed E-state index contributed by atoms with van der Waals surface area (Å²) in [5.41, 5.74) is 3.87. The van der Waals surface area contributed by atoms with Gasteiger partial charge >= 0.3 is 0 Å². The number of piperidine rings is 1. The van der Waals surface area contributed by atoms with Gasteiger partial charge in [0.05, 0.1) is 13.1 Å². The predicted molar refractivity (Wildman–Crippen MR) is 118 cm³/mol.